The average Bonchev–Trinajstić information content (AvgIpc) is 3.24. The number of nitrogens with zero attached hydrogens (tertiary/aromatic N) is 2. The Balaban J connectivity index is 1.45. The van der Waals surface area contributed by atoms with Gasteiger partial charge in [0.25, 0.3) is 0 Å². The Hall–Kier alpha value is -3.11. The number of ether oxygens (including phenoxy) is 3. The van der Waals surface area contributed by atoms with Gasteiger partial charge in [-0.15, -0.1) is 13.2 Å². The van der Waals surface area contributed by atoms with Crippen molar-refractivity contribution in [3.63, 3.8) is 0 Å². The minimum absolute atomic E-state index is 0.135. The highest BCUT2D eigenvalue weighted by Crippen LogP contribution is 2.37. The van der Waals surface area contributed by atoms with Crippen molar-refractivity contribution < 1.29 is 32.2 Å². The molecule has 2 aliphatic heterocycles. The minimum Gasteiger partial charge on any atom is -0.490 e. The van der Waals surface area contributed by atoms with Crippen molar-refractivity contribution in [3.05, 3.63) is 60.4 Å². The monoisotopic (exact) mass is 449 g/mol. The van der Waals surface area contributed by atoms with E-state index in [1.165, 1.54) is 24.3 Å². The fourth-order valence-electron chi connectivity index (χ4n) is 3.86. The number of nitrogens with one attached hydrogen (secondary N) is 1. The van der Waals surface area contributed by atoms with Crippen molar-refractivity contribution in [2.75, 3.05) is 26.2 Å². The van der Waals surface area contributed by atoms with Crippen LogP contribution in [0.4, 0.5) is 13.2 Å². The summed E-state index contributed by atoms with van der Waals surface area (Å²) < 4.78 is 53.0. The third-order valence-corrected chi connectivity index (χ3v) is 5.34. The lowest BCUT2D eigenvalue weighted by Gasteiger charge is -2.44. The molecule has 2 atom stereocenters. The second-order valence-electron chi connectivity index (χ2n) is 7.46. The van der Waals surface area contributed by atoms with Gasteiger partial charge in [-0.25, -0.2) is 0 Å². The molecule has 0 spiro atoms. The Morgan fingerprint density at radius 3 is 2.75 bits per heavy atom. The summed E-state index contributed by atoms with van der Waals surface area (Å²) in [5.74, 6) is 0.739. The Kier molecular flexibility index (Phi) is 6.33. The highest BCUT2D eigenvalue weighted by atomic mass is 19.4. The molecule has 0 bridgehead atoms. The lowest BCUT2D eigenvalue weighted by molar-refractivity contribution is -0.274. The van der Waals surface area contributed by atoms with Crippen LogP contribution in [0.3, 0.4) is 0 Å². The van der Waals surface area contributed by atoms with E-state index in [0.717, 1.165) is 6.29 Å². The van der Waals surface area contributed by atoms with E-state index in [4.69, 9.17) is 9.47 Å². The molecule has 2 aliphatic rings. The van der Waals surface area contributed by atoms with Crippen LogP contribution in [0.2, 0.25) is 0 Å². The number of hydrogen-bond acceptors (Lipinski definition) is 7. The molecule has 1 fully saturated rings. The summed E-state index contributed by atoms with van der Waals surface area (Å²) in [5, 5.41) is 3.30. The van der Waals surface area contributed by atoms with Crippen LogP contribution in [0.1, 0.15) is 12.0 Å². The third-order valence-electron chi connectivity index (χ3n) is 5.34. The Morgan fingerprint density at radius 2 is 2.06 bits per heavy atom. The van der Waals surface area contributed by atoms with E-state index in [1.54, 1.807) is 30.6 Å². The molecule has 0 aliphatic carbocycles. The molecule has 170 valence electrons. The topological polar surface area (TPSA) is 72.9 Å². The smallest absolute Gasteiger partial charge is 0.490 e. The summed E-state index contributed by atoms with van der Waals surface area (Å²) in [6.07, 6.45) is 1.38. The van der Waals surface area contributed by atoms with Crippen LogP contribution < -0.4 is 14.8 Å². The number of alkyl halides is 3. The molecule has 1 saturated heterocycles. The molecule has 32 heavy (non-hydrogen) atoms. The van der Waals surface area contributed by atoms with E-state index < -0.39 is 12.1 Å². The summed E-state index contributed by atoms with van der Waals surface area (Å²) in [5.41, 5.74) is -0.650. The van der Waals surface area contributed by atoms with Crippen LogP contribution in [-0.2, 0) is 9.53 Å². The van der Waals surface area contributed by atoms with Crippen LogP contribution in [0.15, 0.2) is 54.9 Å². The van der Waals surface area contributed by atoms with E-state index in [1.807, 2.05) is 4.90 Å². The predicted molar refractivity (Wildman–Crippen MR) is 109 cm³/mol. The fourth-order valence-corrected chi connectivity index (χ4v) is 3.86. The number of piperazine rings is 1. The molecule has 7 nitrogen and oxygen atoms in total. The normalized spacial score (nSPS) is 23.8. The molecule has 2 unspecified atom stereocenters. The number of hydrogen-bond donors (Lipinski definition) is 1. The first kappa shape index (κ1) is 22.1. The molecule has 4 rings (SSSR count). The number of halogens is 3. The van der Waals surface area contributed by atoms with Crippen molar-refractivity contribution in [2.45, 2.75) is 24.6 Å². The molecule has 0 radical (unpaired) electrons. The fraction of sp³-hybridized carbons (Fsp3) is 0.364. The number of benzene rings is 1. The number of carbonyl (C=O) groups is 1. The molecule has 3 heterocycles. The van der Waals surface area contributed by atoms with Gasteiger partial charge < -0.3 is 19.5 Å². The summed E-state index contributed by atoms with van der Waals surface area (Å²) in [6.45, 7) is 2.19. The average molecular weight is 449 g/mol. The molecule has 10 heteroatoms. The molecule has 0 saturated carbocycles. The molecule has 1 N–H and O–H groups in total. The first-order valence-corrected chi connectivity index (χ1v) is 10.1. The van der Waals surface area contributed by atoms with Crippen LogP contribution in [-0.4, -0.2) is 60.5 Å². The third kappa shape index (κ3) is 5.03. The van der Waals surface area contributed by atoms with Crippen molar-refractivity contribution in [2.24, 2.45) is 0 Å². The first-order valence-electron chi connectivity index (χ1n) is 10.1. The summed E-state index contributed by atoms with van der Waals surface area (Å²) >= 11 is 0. The molecule has 0 amide bonds. The van der Waals surface area contributed by atoms with Gasteiger partial charge in [-0.3, -0.25) is 14.7 Å². The van der Waals surface area contributed by atoms with E-state index in [0.29, 0.717) is 49.7 Å². The zero-order chi connectivity index (χ0) is 22.6. The predicted octanol–water partition coefficient (Wildman–Crippen LogP) is 2.99. The van der Waals surface area contributed by atoms with Gasteiger partial charge in [-0.05, 0) is 42.5 Å². The Morgan fingerprint density at radius 1 is 1.25 bits per heavy atom. The van der Waals surface area contributed by atoms with E-state index in [2.05, 4.69) is 15.0 Å². The van der Waals surface area contributed by atoms with Gasteiger partial charge >= 0.3 is 6.36 Å². The van der Waals surface area contributed by atoms with Crippen LogP contribution in [0.5, 0.6) is 11.5 Å². The Labute approximate surface area is 182 Å². The van der Waals surface area contributed by atoms with E-state index >= 15 is 0 Å². The van der Waals surface area contributed by atoms with Crippen molar-refractivity contribution >= 4 is 12.0 Å². The molecule has 2 aromatic rings. The lowest BCUT2D eigenvalue weighted by Crippen LogP contribution is -2.63. The maximum Gasteiger partial charge on any atom is 0.573 e. The second kappa shape index (κ2) is 9.17. The maximum absolute atomic E-state index is 12.4. The van der Waals surface area contributed by atoms with Crippen molar-refractivity contribution in [1.82, 2.24) is 15.2 Å². The maximum atomic E-state index is 12.4. The highest BCUT2D eigenvalue weighted by Gasteiger charge is 2.46. The zero-order valence-corrected chi connectivity index (χ0v) is 17.0. The molecular formula is C22H22F3N3O4. The van der Waals surface area contributed by atoms with Crippen LogP contribution in [0.25, 0.3) is 5.76 Å². The number of rotatable bonds is 7. The number of pyridine rings is 1. The highest BCUT2D eigenvalue weighted by molar-refractivity contribution is 5.72. The summed E-state index contributed by atoms with van der Waals surface area (Å²) in [6, 6.07) is 8.81. The van der Waals surface area contributed by atoms with Crippen molar-refractivity contribution in [3.8, 4) is 11.5 Å². The van der Waals surface area contributed by atoms with E-state index in [-0.39, 0.29) is 11.8 Å². The number of carbonyl (C=O) groups excluding carboxylic acids is 1. The second-order valence-corrected chi connectivity index (χ2v) is 7.46. The van der Waals surface area contributed by atoms with Crippen LogP contribution >= 0.6 is 0 Å². The molecule has 1 aromatic heterocycles. The van der Waals surface area contributed by atoms with Crippen molar-refractivity contribution in [1.29, 1.82) is 0 Å². The zero-order valence-electron chi connectivity index (χ0n) is 17.0. The summed E-state index contributed by atoms with van der Waals surface area (Å²) in [7, 11) is 0. The Bertz CT molecular complexity index is 953. The first-order chi connectivity index (χ1) is 15.4. The van der Waals surface area contributed by atoms with Gasteiger partial charge in [0.15, 0.2) is 6.29 Å². The lowest BCUT2D eigenvalue weighted by atomic mass is 10.1. The standard InChI is InChI=1S/C22H22F3N3O4/c23-22(24,25)31-18-5-3-16(4-6-18)20-7-8-21(15-29,32-20)28-11-10-27-12-17(28)14-30-19-2-1-9-26-13-19/h1-7,9,13,15,17,27H,8,10-12,14H2. The van der Waals surface area contributed by atoms with Crippen LogP contribution in [0, 0.1) is 0 Å². The number of aldehydes is 1. The van der Waals surface area contributed by atoms with Gasteiger partial charge in [0.2, 0.25) is 5.72 Å². The van der Waals surface area contributed by atoms with Gasteiger partial charge in [0, 0.05) is 37.8 Å². The summed E-state index contributed by atoms with van der Waals surface area (Å²) in [4.78, 5) is 18.2. The quantitative estimate of drug-likeness (QED) is 0.652. The largest absolute Gasteiger partial charge is 0.573 e. The SMILES string of the molecule is O=CC1(N2CCNCC2COc2cccnc2)CC=C(c2ccc(OC(F)(F)F)cc2)O1. The molecular weight excluding hydrogens is 427 g/mol. The van der Waals surface area contributed by atoms with Gasteiger partial charge in [-0.2, -0.15) is 0 Å². The van der Waals surface area contributed by atoms with Gasteiger partial charge in [0.05, 0.1) is 12.2 Å². The molecule has 1 aromatic carbocycles. The van der Waals surface area contributed by atoms with E-state index in [9.17, 15) is 18.0 Å². The number of aromatic nitrogens is 1. The van der Waals surface area contributed by atoms with Gasteiger partial charge in [0.1, 0.15) is 23.9 Å². The van der Waals surface area contributed by atoms with Gasteiger partial charge in [-0.1, -0.05) is 0 Å². The minimum atomic E-state index is -4.76.